The van der Waals surface area contributed by atoms with Gasteiger partial charge in [0.25, 0.3) is 5.91 Å². The molecule has 0 aromatic heterocycles. The van der Waals surface area contributed by atoms with Crippen LogP contribution in [-0.4, -0.2) is 73.5 Å². The van der Waals surface area contributed by atoms with Crippen LogP contribution in [0.3, 0.4) is 0 Å². The number of amides is 2. The van der Waals surface area contributed by atoms with Crippen molar-refractivity contribution in [3.8, 4) is 0 Å². The molecule has 2 heterocycles. The number of benzene rings is 1. The van der Waals surface area contributed by atoms with E-state index < -0.39 is 0 Å². The van der Waals surface area contributed by atoms with Crippen LogP contribution in [0.25, 0.3) is 0 Å². The van der Waals surface area contributed by atoms with Crippen LogP contribution >= 0.6 is 24.0 Å². The maximum Gasteiger partial charge on any atom is 0.251 e. The first-order chi connectivity index (χ1) is 15.6. The van der Waals surface area contributed by atoms with Crippen molar-refractivity contribution in [1.82, 2.24) is 15.1 Å². The molecule has 0 spiro atoms. The van der Waals surface area contributed by atoms with Gasteiger partial charge in [0.05, 0.1) is 0 Å². The number of nitrogens with zero attached hydrogens (tertiary/aromatic N) is 3. The summed E-state index contributed by atoms with van der Waals surface area (Å²) in [6.45, 7) is 4.17. The molecule has 0 bridgehead atoms. The molecule has 2 aliphatic heterocycles. The first-order valence-corrected chi connectivity index (χ1v) is 11.9. The zero-order valence-corrected chi connectivity index (χ0v) is 21.8. The van der Waals surface area contributed by atoms with Crippen LogP contribution in [-0.2, 0) is 20.9 Å². The molecule has 1 unspecified atom stereocenters. The van der Waals surface area contributed by atoms with Gasteiger partial charge in [0.15, 0.2) is 5.96 Å². The van der Waals surface area contributed by atoms with Gasteiger partial charge in [-0.1, -0.05) is 25.0 Å². The molecule has 1 aromatic rings. The van der Waals surface area contributed by atoms with E-state index >= 15 is 0 Å². The van der Waals surface area contributed by atoms with Crippen LogP contribution < -0.4 is 10.6 Å². The number of nitrogens with one attached hydrogen (secondary N) is 2. The lowest BCUT2D eigenvalue weighted by molar-refractivity contribution is -0.142. The van der Waals surface area contributed by atoms with Crippen LogP contribution in [0.1, 0.15) is 44.1 Å². The van der Waals surface area contributed by atoms with Crippen molar-refractivity contribution >= 4 is 47.4 Å². The van der Waals surface area contributed by atoms with Gasteiger partial charge < -0.3 is 25.2 Å². The van der Waals surface area contributed by atoms with Crippen LogP contribution in [0.4, 0.5) is 5.69 Å². The quantitative estimate of drug-likeness (QED) is 0.324. The van der Waals surface area contributed by atoms with Crippen molar-refractivity contribution in [2.45, 2.75) is 51.2 Å². The van der Waals surface area contributed by atoms with Gasteiger partial charge in [-0.2, -0.15) is 0 Å². The van der Waals surface area contributed by atoms with Crippen molar-refractivity contribution in [1.29, 1.82) is 0 Å². The number of carbonyl (C=O) groups excluding carboxylic acids is 2. The normalized spacial score (nSPS) is 21.6. The molecule has 9 heteroatoms. The molecule has 8 nitrogen and oxygen atoms in total. The minimum Gasteiger partial charge on any atom is -0.368 e. The molecule has 3 fully saturated rings. The highest BCUT2D eigenvalue weighted by atomic mass is 127. The Labute approximate surface area is 213 Å². The molecule has 2 amide bonds. The third kappa shape index (κ3) is 6.81. The molecule has 2 saturated heterocycles. The largest absolute Gasteiger partial charge is 0.368 e. The summed E-state index contributed by atoms with van der Waals surface area (Å²) in [5.74, 6) is 1.25. The van der Waals surface area contributed by atoms with E-state index in [0.29, 0.717) is 26.2 Å². The summed E-state index contributed by atoms with van der Waals surface area (Å²) in [5, 5.41) is 6.50. The highest BCUT2D eigenvalue weighted by Crippen LogP contribution is 2.26. The van der Waals surface area contributed by atoms with E-state index in [0.717, 1.165) is 68.8 Å². The Bertz CT molecular complexity index is 829. The lowest BCUT2D eigenvalue weighted by atomic mass is 10.1. The first-order valence-electron chi connectivity index (χ1n) is 11.9. The summed E-state index contributed by atoms with van der Waals surface area (Å²) < 4.78 is 5.55. The molecule has 2 N–H and O–H groups in total. The van der Waals surface area contributed by atoms with E-state index in [-0.39, 0.29) is 47.8 Å². The third-order valence-corrected chi connectivity index (χ3v) is 6.68. The van der Waals surface area contributed by atoms with Gasteiger partial charge >= 0.3 is 0 Å². The van der Waals surface area contributed by atoms with E-state index in [1.807, 2.05) is 29.2 Å². The Morgan fingerprint density at radius 2 is 1.79 bits per heavy atom. The summed E-state index contributed by atoms with van der Waals surface area (Å²) in [7, 11) is 1.78. The zero-order chi connectivity index (χ0) is 22.3. The summed E-state index contributed by atoms with van der Waals surface area (Å²) in [6, 6.07) is 7.98. The molecule has 0 radical (unpaired) electrons. The Balaban J connectivity index is 0.00000306. The molecule has 1 aliphatic carbocycles. The van der Waals surface area contributed by atoms with E-state index in [4.69, 9.17) is 4.74 Å². The number of hydrogen-bond acceptors (Lipinski definition) is 4. The van der Waals surface area contributed by atoms with Gasteiger partial charge in [-0.25, -0.2) is 0 Å². The maximum absolute atomic E-state index is 12.6. The lowest BCUT2D eigenvalue weighted by Gasteiger charge is -2.37. The lowest BCUT2D eigenvalue weighted by Crippen LogP contribution is -2.55. The number of hydrogen-bond donors (Lipinski definition) is 2. The molecular formula is C24H36IN5O3. The van der Waals surface area contributed by atoms with Gasteiger partial charge in [-0.15, -0.1) is 24.0 Å². The van der Waals surface area contributed by atoms with Gasteiger partial charge in [0.2, 0.25) is 5.91 Å². The second-order valence-electron chi connectivity index (χ2n) is 8.89. The third-order valence-electron chi connectivity index (χ3n) is 6.68. The van der Waals surface area contributed by atoms with Crippen LogP contribution in [0.2, 0.25) is 0 Å². The van der Waals surface area contributed by atoms with Gasteiger partial charge in [-0.3, -0.25) is 14.6 Å². The number of anilines is 1. The average molecular weight is 569 g/mol. The van der Waals surface area contributed by atoms with Crippen LogP contribution in [0, 0.1) is 5.92 Å². The number of guanidine groups is 1. The van der Waals surface area contributed by atoms with Crippen LogP contribution in [0.5, 0.6) is 0 Å². The van der Waals surface area contributed by atoms with Gasteiger partial charge in [0.1, 0.15) is 6.10 Å². The second kappa shape index (κ2) is 12.5. The van der Waals surface area contributed by atoms with E-state index in [2.05, 4.69) is 20.5 Å². The van der Waals surface area contributed by atoms with Crippen molar-refractivity contribution in [2.75, 3.05) is 45.2 Å². The highest BCUT2D eigenvalue weighted by molar-refractivity contribution is 14.0. The van der Waals surface area contributed by atoms with Crippen molar-refractivity contribution in [2.24, 2.45) is 10.9 Å². The average Bonchev–Trinajstić information content (AvgIpc) is 3.54. The fourth-order valence-corrected chi connectivity index (χ4v) is 4.82. The predicted octanol–water partition coefficient (Wildman–Crippen LogP) is 2.83. The van der Waals surface area contributed by atoms with Gasteiger partial charge in [-0.05, 0) is 43.4 Å². The first kappa shape index (κ1) is 25.7. The minimum atomic E-state index is -0.250. The molecule has 3 aliphatic rings. The number of carbonyl (C=O) groups is 2. The second-order valence-corrected chi connectivity index (χ2v) is 8.89. The SMILES string of the molecule is CN=C(NCc1cccc(NC(=O)C2CCCC2)c1)N1CCN(C(=O)C2CCCO2)CC1.I. The molecular weight excluding hydrogens is 533 g/mol. The molecule has 1 atom stereocenters. The number of aliphatic imine (C=N–C) groups is 1. The number of ether oxygens (including phenoxy) is 1. The summed E-state index contributed by atoms with van der Waals surface area (Å²) in [6.07, 6.45) is 5.85. The van der Waals surface area contributed by atoms with E-state index in [1.165, 1.54) is 0 Å². The molecule has 4 rings (SSSR count). The van der Waals surface area contributed by atoms with E-state index in [1.54, 1.807) is 7.05 Å². The molecule has 1 saturated carbocycles. The predicted molar refractivity (Wildman–Crippen MR) is 140 cm³/mol. The number of piperazine rings is 1. The Hall–Kier alpha value is -1.88. The van der Waals surface area contributed by atoms with E-state index in [9.17, 15) is 9.59 Å². The smallest absolute Gasteiger partial charge is 0.251 e. The fraction of sp³-hybridized carbons (Fsp3) is 0.625. The summed E-state index contributed by atoms with van der Waals surface area (Å²) in [5.41, 5.74) is 1.93. The monoisotopic (exact) mass is 569 g/mol. The fourth-order valence-electron chi connectivity index (χ4n) is 4.82. The van der Waals surface area contributed by atoms with Crippen molar-refractivity contribution in [3.63, 3.8) is 0 Å². The Kier molecular flexibility index (Phi) is 9.78. The molecule has 182 valence electrons. The zero-order valence-electron chi connectivity index (χ0n) is 19.4. The maximum atomic E-state index is 12.6. The molecule has 1 aromatic carbocycles. The minimum absolute atomic E-state index is 0. The summed E-state index contributed by atoms with van der Waals surface area (Å²) in [4.78, 5) is 33.5. The topological polar surface area (TPSA) is 86.3 Å². The Morgan fingerprint density at radius 1 is 1.06 bits per heavy atom. The number of halogens is 1. The van der Waals surface area contributed by atoms with Crippen molar-refractivity contribution in [3.05, 3.63) is 29.8 Å². The molecule has 33 heavy (non-hydrogen) atoms. The van der Waals surface area contributed by atoms with Gasteiger partial charge in [0, 0.05) is 58.0 Å². The van der Waals surface area contributed by atoms with Crippen LogP contribution in [0.15, 0.2) is 29.3 Å². The number of rotatable bonds is 5. The highest BCUT2D eigenvalue weighted by Gasteiger charge is 2.31. The Morgan fingerprint density at radius 3 is 2.45 bits per heavy atom. The standard InChI is InChI=1S/C24H35N5O3.HI/c1-25-24(29-13-11-28(12-14-29)23(31)21-10-5-15-32-21)26-17-18-6-4-9-20(16-18)27-22(30)19-7-2-3-8-19;/h4,6,9,16,19,21H,2-3,5,7-8,10-15,17H2,1H3,(H,25,26)(H,27,30);1H. The summed E-state index contributed by atoms with van der Waals surface area (Å²) >= 11 is 0. The van der Waals surface area contributed by atoms with Crippen molar-refractivity contribution < 1.29 is 14.3 Å².